The van der Waals surface area contributed by atoms with E-state index in [2.05, 4.69) is 11.4 Å². The number of nitrogens with zero attached hydrogens (tertiary/aromatic N) is 3. The summed E-state index contributed by atoms with van der Waals surface area (Å²) in [6.07, 6.45) is 1.55. The SMILES string of the molecule is Cc1c(C#N)c(NC(=O)COc2ccccc2[N+](=O)[O-])n(Cc2ccco2)c1C. The van der Waals surface area contributed by atoms with Crippen LogP contribution in [-0.2, 0) is 11.3 Å². The van der Waals surface area contributed by atoms with Crippen LogP contribution in [0.15, 0.2) is 47.1 Å². The second-order valence-corrected chi connectivity index (χ2v) is 6.27. The lowest BCUT2D eigenvalue weighted by atomic mass is 10.2. The van der Waals surface area contributed by atoms with Gasteiger partial charge in [0.1, 0.15) is 17.6 Å². The van der Waals surface area contributed by atoms with Gasteiger partial charge in [0, 0.05) is 11.8 Å². The van der Waals surface area contributed by atoms with Gasteiger partial charge in [0.25, 0.3) is 5.91 Å². The molecule has 3 rings (SSSR count). The van der Waals surface area contributed by atoms with Crippen molar-refractivity contribution in [2.45, 2.75) is 20.4 Å². The number of ether oxygens (including phenoxy) is 1. The molecule has 1 N–H and O–H groups in total. The number of hydrogen-bond acceptors (Lipinski definition) is 6. The van der Waals surface area contributed by atoms with E-state index in [0.717, 1.165) is 11.3 Å². The molecule has 0 aliphatic rings. The largest absolute Gasteiger partial charge is 0.477 e. The van der Waals surface area contributed by atoms with Gasteiger partial charge in [0.2, 0.25) is 0 Å². The van der Waals surface area contributed by atoms with Gasteiger partial charge in [-0.05, 0) is 37.6 Å². The lowest BCUT2D eigenvalue weighted by Crippen LogP contribution is -2.23. The molecule has 0 bridgehead atoms. The van der Waals surface area contributed by atoms with E-state index >= 15 is 0 Å². The monoisotopic (exact) mass is 394 g/mol. The Morgan fingerprint density at radius 3 is 2.72 bits per heavy atom. The Balaban J connectivity index is 1.81. The quantitative estimate of drug-likeness (QED) is 0.483. The highest BCUT2D eigenvalue weighted by Crippen LogP contribution is 2.28. The smallest absolute Gasteiger partial charge is 0.310 e. The van der Waals surface area contributed by atoms with E-state index in [1.807, 2.05) is 6.92 Å². The normalized spacial score (nSPS) is 10.4. The summed E-state index contributed by atoms with van der Waals surface area (Å²) < 4.78 is 12.5. The number of nitrogens with one attached hydrogen (secondary N) is 1. The van der Waals surface area contributed by atoms with Crippen molar-refractivity contribution in [2.75, 3.05) is 11.9 Å². The molecule has 0 unspecified atom stereocenters. The fourth-order valence-electron chi connectivity index (χ4n) is 2.93. The van der Waals surface area contributed by atoms with Crippen LogP contribution in [0.3, 0.4) is 0 Å². The number of para-hydroxylation sites is 2. The van der Waals surface area contributed by atoms with E-state index in [1.165, 1.54) is 18.2 Å². The Morgan fingerprint density at radius 2 is 2.07 bits per heavy atom. The number of hydrogen-bond donors (Lipinski definition) is 1. The molecule has 148 valence electrons. The summed E-state index contributed by atoms with van der Waals surface area (Å²) in [6, 6.07) is 11.5. The predicted octanol–water partition coefficient (Wildman–Crippen LogP) is 3.54. The first-order chi connectivity index (χ1) is 13.9. The third kappa shape index (κ3) is 4.11. The molecule has 0 aliphatic heterocycles. The maximum absolute atomic E-state index is 12.5. The van der Waals surface area contributed by atoms with Crippen molar-refractivity contribution in [3.8, 4) is 11.8 Å². The van der Waals surface area contributed by atoms with Gasteiger partial charge >= 0.3 is 5.69 Å². The van der Waals surface area contributed by atoms with Gasteiger partial charge in [-0.25, -0.2) is 0 Å². The first-order valence-corrected chi connectivity index (χ1v) is 8.70. The zero-order valence-corrected chi connectivity index (χ0v) is 15.8. The number of carbonyl (C=O) groups excluding carboxylic acids is 1. The average Bonchev–Trinajstić information content (AvgIpc) is 3.29. The maximum atomic E-state index is 12.5. The Labute approximate surface area is 166 Å². The molecular weight excluding hydrogens is 376 g/mol. The zero-order valence-electron chi connectivity index (χ0n) is 15.8. The second kappa shape index (κ2) is 8.31. The van der Waals surface area contributed by atoms with Crippen LogP contribution in [0.1, 0.15) is 22.6 Å². The highest BCUT2D eigenvalue weighted by molar-refractivity contribution is 5.93. The van der Waals surface area contributed by atoms with Crippen LogP contribution in [0.2, 0.25) is 0 Å². The first-order valence-electron chi connectivity index (χ1n) is 8.70. The average molecular weight is 394 g/mol. The summed E-state index contributed by atoms with van der Waals surface area (Å²) in [6.45, 7) is 3.53. The molecule has 0 saturated carbocycles. The highest BCUT2D eigenvalue weighted by atomic mass is 16.6. The van der Waals surface area contributed by atoms with Gasteiger partial charge in [-0.1, -0.05) is 12.1 Å². The van der Waals surface area contributed by atoms with E-state index in [9.17, 15) is 20.2 Å². The minimum Gasteiger partial charge on any atom is -0.477 e. The molecule has 9 nitrogen and oxygen atoms in total. The van der Waals surface area contributed by atoms with Gasteiger partial charge in [0.05, 0.1) is 23.3 Å². The van der Waals surface area contributed by atoms with Crippen LogP contribution in [-0.4, -0.2) is 22.0 Å². The summed E-state index contributed by atoms with van der Waals surface area (Å²) >= 11 is 0. The Hall–Kier alpha value is -4.06. The molecular formula is C20H18N4O5. The molecule has 0 aliphatic carbocycles. The fourth-order valence-corrected chi connectivity index (χ4v) is 2.93. The number of anilines is 1. The summed E-state index contributed by atoms with van der Waals surface area (Å²) in [5.41, 5.74) is 1.67. The molecule has 0 saturated heterocycles. The number of aromatic nitrogens is 1. The first kappa shape index (κ1) is 19.7. The van der Waals surface area contributed by atoms with Gasteiger partial charge in [-0.3, -0.25) is 14.9 Å². The highest BCUT2D eigenvalue weighted by Gasteiger charge is 2.21. The summed E-state index contributed by atoms with van der Waals surface area (Å²) in [5.74, 6) is 0.443. The predicted molar refractivity (Wildman–Crippen MR) is 104 cm³/mol. The van der Waals surface area contributed by atoms with Crippen molar-refractivity contribution < 1.29 is 18.9 Å². The van der Waals surface area contributed by atoms with Crippen molar-refractivity contribution in [1.29, 1.82) is 5.26 Å². The number of benzene rings is 1. The zero-order chi connectivity index (χ0) is 21.0. The van der Waals surface area contributed by atoms with E-state index in [0.29, 0.717) is 23.7 Å². The van der Waals surface area contributed by atoms with Crippen LogP contribution in [0.4, 0.5) is 11.5 Å². The summed E-state index contributed by atoms with van der Waals surface area (Å²) in [5, 5.41) is 23.3. The lowest BCUT2D eigenvalue weighted by Gasteiger charge is -2.12. The molecule has 2 aromatic heterocycles. The van der Waals surface area contributed by atoms with Crippen LogP contribution in [0.25, 0.3) is 0 Å². The lowest BCUT2D eigenvalue weighted by molar-refractivity contribution is -0.385. The number of nitriles is 1. The van der Waals surface area contributed by atoms with E-state index < -0.39 is 17.4 Å². The Kier molecular flexibility index (Phi) is 5.64. The van der Waals surface area contributed by atoms with Gasteiger partial charge in [-0.2, -0.15) is 5.26 Å². The Bertz CT molecular complexity index is 1090. The van der Waals surface area contributed by atoms with Crippen LogP contribution < -0.4 is 10.1 Å². The summed E-state index contributed by atoms with van der Waals surface area (Å²) in [7, 11) is 0. The molecule has 0 atom stereocenters. The number of amides is 1. The van der Waals surface area contributed by atoms with Crippen LogP contribution in [0, 0.1) is 35.3 Å². The number of carbonyl (C=O) groups is 1. The van der Waals surface area contributed by atoms with E-state index in [1.54, 1.807) is 36.0 Å². The minimum absolute atomic E-state index is 0.00788. The van der Waals surface area contributed by atoms with Crippen molar-refractivity contribution in [3.63, 3.8) is 0 Å². The van der Waals surface area contributed by atoms with E-state index in [-0.39, 0.29) is 11.4 Å². The number of rotatable bonds is 7. The summed E-state index contributed by atoms with van der Waals surface area (Å²) in [4.78, 5) is 22.9. The fraction of sp³-hybridized carbons (Fsp3) is 0.200. The molecule has 1 amide bonds. The van der Waals surface area contributed by atoms with Gasteiger partial charge in [0.15, 0.2) is 12.4 Å². The third-order valence-corrected chi connectivity index (χ3v) is 4.51. The van der Waals surface area contributed by atoms with Crippen LogP contribution in [0.5, 0.6) is 5.75 Å². The molecule has 2 heterocycles. The maximum Gasteiger partial charge on any atom is 0.310 e. The van der Waals surface area contributed by atoms with Crippen molar-refractivity contribution in [3.05, 3.63) is 75.4 Å². The minimum atomic E-state index is -0.581. The molecule has 1 aromatic carbocycles. The second-order valence-electron chi connectivity index (χ2n) is 6.27. The topological polar surface area (TPSA) is 123 Å². The number of nitro benzene ring substituents is 1. The molecule has 0 radical (unpaired) electrons. The van der Waals surface area contributed by atoms with E-state index in [4.69, 9.17) is 9.15 Å². The van der Waals surface area contributed by atoms with Gasteiger partial charge in [-0.15, -0.1) is 0 Å². The molecule has 0 spiro atoms. The molecule has 3 aromatic rings. The molecule has 29 heavy (non-hydrogen) atoms. The van der Waals surface area contributed by atoms with Crippen molar-refractivity contribution in [2.24, 2.45) is 0 Å². The van der Waals surface area contributed by atoms with Crippen molar-refractivity contribution >= 4 is 17.4 Å². The standard InChI is InChI=1S/C20H18N4O5/c1-13-14(2)23(11-15-6-5-9-28-15)20(16(13)10-21)22-19(25)12-29-18-8-4-3-7-17(18)24(26)27/h3-9H,11-12H2,1-2H3,(H,22,25). The van der Waals surface area contributed by atoms with Gasteiger partial charge < -0.3 is 19.0 Å². The molecule has 9 heteroatoms. The number of nitro groups is 1. The van der Waals surface area contributed by atoms with Crippen LogP contribution >= 0.6 is 0 Å². The molecule has 0 fully saturated rings. The Morgan fingerprint density at radius 1 is 1.31 bits per heavy atom. The number of furan rings is 1. The third-order valence-electron chi connectivity index (χ3n) is 4.51. The van der Waals surface area contributed by atoms with Crippen molar-refractivity contribution in [1.82, 2.24) is 4.57 Å².